The predicted molar refractivity (Wildman–Crippen MR) is 71.4 cm³/mol. The Kier molecular flexibility index (Phi) is 8.37. The lowest BCUT2D eigenvalue weighted by Gasteiger charge is -2.26. The number of hydrogen-bond donors (Lipinski definition) is 2. The molecule has 5 heteroatoms. The number of amides is 1. The molecule has 0 aliphatic carbocycles. The van der Waals surface area contributed by atoms with E-state index in [-0.39, 0.29) is 12.5 Å². The molecule has 0 saturated carbocycles. The van der Waals surface area contributed by atoms with E-state index < -0.39 is 12.0 Å². The highest BCUT2D eigenvalue weighted by Crippen LogP contribution is 2.02. The van der Waals surface area contributed by atoms with Gasteiger partial charge in [-0.1, -0.05) is 20.8 Å². The first-order chi connectivity index (χ1) is 8.38. The van der Waals surface area contributed by atoms with Gasteiger partial charge in [0.2, 0.25) is 5.91 Å². The average Bonchev–Trinajstić information content (AvgIpc) is 2.26. The fourth-order valence-electron chi connectivity index (χ4n) is 1.67. The van der Waals surface area contributed by atoms with Crippen LogP contribution in [-0.2, 0) is 9.59 Å². The normalized spacial score (nSPS) is 12.8. The van der Waals surface area contributed by atoms with Gasteiger partial charge in [-0.3, -0.25) is 14.5 Å². The van der Waals surface area contributed by atoms with Crippen molar-refractivity contribution in [1.29, 1.82) is 0 Å². The summed E-state index contributed by atoms with van der Waals surface area (Å²) in [5, 5.41) is 11.7. The lowest BCUT2D eigenvalue weighted by atomic mass is 10.1. The minimum absolute atomic E-state index is 0.0907. The molecule has 0 aromatic carbocycles. The molecule has 106 valence electrons. The zero-order chi connectivity index (χ0) is 14.1. The maximum Gasteiger partial charge on any atom is 0.317 e. The molecule has 0 aromatic heterocycles. The lowest BCUT2D eigenvalue weighted by Crippen LogP contribution is -2.47. The van der Waals surface area contributed by atoms with Crippen LogP contribution < -0.4 is 5.32 Å². The Morgan fingerprint density at radius 2 is 1.89 bits per heavy atom. The van der Waals surface area contributed by atoms with Crippen LogP contribution in [0.4, 0.5) is 0 Å². The van der Waals surface area contributed by atoms with Crippen molar-refractivity contribution in [3.63, 3.8) is 0 Å². The third-order valence-electron chi connectivity index (χ3n) is 2.80. The van der Waals surface area contributed by atoms with Crippen molar-refractivity contribution in [2.75, 3.05) is 19.6 Å². The van der Waals surface area contributed by atoms with E-state index in [2.05, 4.69) is 19.2 Å². The lowest BCUT2D eigenvalue weighted by molar-refractivity contribution is -0.139. The van der Waals surface area contributed by atoms with Gasteiger partial charge in [0.15, 0.2) is 0 Å². The third-order valence-corrected chi connectivity index (χ3v) is 2.80. The van der Waals surface area contributed by atoms with Crippen LogP contribution in [0.2, 0.25) is 0 Å². The van der Waals surface area contributed by atoms with Gasteiger partial charge in [-0.05, 0) is 32.2 Å². The summed E-state index contributed by atoms with van der Waals surface area (Å²) >= 11 is 0. The number of carboxylic acids is 1. The van der Waals surface area contributed by atoms with Crippen molar-refractivity contribution >= 4 is 11.9 Å². The SMILES string of the molecule is CCCN(CC(=O)O)C(C)C(=O)NCCC(C)C. The van der Waals surface area contributed by atoms with Crippen molar-refractivity contribution in [2.24, 2.45) is 5.92 Å². The highest BCUT2D eigenvalue weighted by molar-refractivity contribution is 5.82. The molecular weight excluding hydrogens is 232 g/mol. The van der Waals surface area contributed by atoms with E-state index in [9.17, 15) is 9.59 Å². The Balaban J connectivity index is 4.23. The molecule has 1 amide bonds. The molecule has 0 fully saturated rings. The molecule has 18 heavy (non-hydrogen) atoms. The van der Waals surface area contributed by atoms with E-state index in [1.54, 1.807) is 11.8 Å². The smallest absolute Gasteiger partial charge is 0.317 e. The number of rotatable bonds is 9. The van der Waals surface area contributed by atoms with Crippen LogP contribution in [0.1, 0.15) is 40.5 Å². The van der Waals surface area contributed by atoms with E-state index in [0.29, 0.717) is 19.0 Å². The minimum atomic E-state index is -0.898. The summed E-state index contributed by atoms with van der Waals surface area (Å²) in [7, 11) is 0. The Morgan fingerprint density at radius 1 is 1.28 bits per heavy atom. The Labute approximate surface area is 110 Å². The second-order valence-corrected chi connectivity index (χ2v) is 5.01. The second-order valence-electron chi connectivity index (χ2n) is 5.01. The molecule has 0 saturated heterocycles. The highest BCUT2D eigenvalue weighted by Gasteiger charge is 2.22. The topological polar surface area (TPSA) is 69.6 Å². The van der Waals surface area contributed by atoms with E-state index in [1.807, 2.05) is 6.92 Å². The van der Waals surface area contributed by atoms with Gasteiger partial charge in [0.25, 0.3) is 0 Å². The van der Waals surface area contributed by atoms with Crippen LogP contribution in [0.15, 0.2) is 0 Å². The monoisotopic (exact) mass is 258 g/mol. The molecule has 0 rings (SSSR count). The van der Waals surface area contributed by atoms with Crippen LogP contribution in [-0.4, -0.2) is 47.6 Å². The van der Waals surface area contributed by atoms with Crippen molar-refractivity contribution in [2.45, 2.75) is 46.6 Å². The Morgan fingerprint density at radius 3 is 2.33 bits per heavy atom. The number of carbonyl (C=O) groups excluding carboxylic acids is 1. The van der Waals surface area contributed by atoms with Crippen LogP contribution in [0.25, 0.3) is 0 Å². The van der Waals surface area contributed by atoms with Crippen molar-refractivity contribution in [3.05, 3.63) is 0 Å². The fraction of sp³-hybridized carbons (Fsp3) is 0.846. The largest absolute Gasteiger partial charge is 0.480 e. The first-order valence-corrected chi connectivity index (χ1v) is 6.62. The van der Waals surface area contributed by atoms with E-state index >= 15 is 0 Å². The summed E-state index contributed by atoms with van der Waals surface area (Å²) in [6, 6.07) is -0.395. The van der Waals surface area contributed by atoms with Gasteiger partial charge in [-0.15, -0.1) is 0 Å². The molecule has 0 heterocycles. The van der Waals surface area contributed by atoms with Gasteiger partial charge in [0, 0.05) is 6.54 Å². The molecular formula is C13H26N2O3. The van der Waals surface area contributed by atoms with Crippen LogP contribution in [0.5, 0.6) is 0 Å². The van der Waals surface area contributed by atoms with Crippen LogP contribution in [0, 0.1) is 5.92 Å². The number of carboxylic acid groups (broad SMARTS) is 1. The molecule has 0 bridgehead atoms. The molecule has 0 aliphatic heterocycles. The molecule has 0 radical (unpaired) electrons. The van der Waals surface area contributed by atoms with Crippen molar-refractivity contribution < 1.29 is 14.7 Å². The third kappa shape index (κ3) is 7.27. The summed E-state index contributed by atoms with van der Waals surface area (Å²) in [6.07, 6.45) is 1.77. The van der Waals surface area contributed by atoms with E-state index in [1.165, 1.54) is 0 Å². The molecule has 1 atom stereocenters. The molecule has 0 aliphatic rings. The number of carbonyl (C=O) groups is 2. The average molecular weight is 258 g/mol. The number of nitrogens with one attached hydrogen (secondary N) is 1. The molecule has 2 N–H and O–H groups in total. The number of aliphatic carboxylic acids is 1. The standard InChI is InChI=1S/C13H26N2O3/c1-5-8-15(9-12(16)17)11(4)13(18)14-7-6-10(2)3/h10-11H,5-9H2,1-4H3,(H,14,18)(H,16,17). The molecule has 0 spiro atoms. The van der Waals surface area contributed by atoms with Gasteiger partial charge in [-0.25, -0.2) is 0 Å². The van der Waals surface area contributed by atoms with E-state index in [4.69, 9.17) is 5.11 Å². The number of nitrogens with zero attached hydrogens (tertiary/aromatic N) is 1. The second kappa shape index (κ2) is 8.91. The first-order valence-electron chi connectivity index (χ1n) is 6.62. The predicted octanol–water partition coefficient (Wildman–Crippen LogP) is 1.33. The van der Waals surface area contributed by atoms with Crippen molar-refractivity contribution in [1.82, 2.24) is 10.2 Å². The van der Waals surface area contributed by atoms with Gasteiger partial charge in [0.1, 0.15) is 0 Å². The summed E-state index contributed by atoms with van der Waals surface area (Å²) < 4.78 is 0. The summed E-state index contributed by atoms with van der Waals surface area (Å²) in [5.74, 6) is -0.443. The first kappa shape index (κ1) is 16.9. The zero-order valence-corrected chi connectivity index (χ0v) is 11.9. The Bertz CT molecular complexity index is 267. The van der Waals surface area contributed by atoms with Gasteiger partial charge in [0.05, 0.1) is 12.6 Å². The van der Waals surface area contributed by atoms with Gasteiger partial charge in [-0.2, -0.15) is 0 Å². The maximum absolute atomic E-state index is 11.9. The zero-order valence-electron chi connectivity index (χ0n) is 11.9. The van der Waals surface area contributed by atoms with Crippen LogP contribution in [0.3, 0.4) is 0 Å². The van der Waals surface area contributed by atoms with Crippen LogP contribution >= 0.6 is 0 Å². The quantitative estimate of drug-likeness (QED) is 0.654. The summed E-state index contributed by atoms with van der Waals surface area (Å²) in [5.41, 5.74) is 0. The highest BCUT2D eigenvalue weighted by atomic mass is 16.4. The van der Waals surface area contributed by atoms with Crippen molar-refractivity contribution in [3.8, 4) is 0 Å². The van der Waals surface area contributed by atoms with E-state index in [0.717, 1.165) is 12.8 Å². The van der Waals surface area contributed by atoms with Gasteiger partial charge < -0.3 is 10.4 Å². The number of hydrogen-bond acceptors (Lipinski definition) is 3. The molecule has 5 nitrogen and oxygen atoms in total. The maximum atomic E-state index is 11.9. The summed E-state index contributed by atoms with van der Waals surface area (Å²) in [4.78, 5) is 24.3. The molecule has 0 aromatic rings. The fourth-order valence-corrected chi connectivity index (χ4v) is 1.67. The Hall–Kier alpha value is -1.10. The summed E-state index contributed by atoms with van der Waals surface area (Å²) in [6.45, 7) is 9.10. The van der Waals surface area contributed by atoms with Gasteiger partial charge >= 0.3 is 5.97 Å². The molecule has 1 unspecified atom stereocenters. The minimum Gasteiger partial charge on any atom is -0.480 e.